The molecule has 0 saturated carbocycles. The van der Waals surface area contributed by atoms with Gasteiger partial charge in [0.05, 0.1) is 6.10 Å². The fraction of sp³-hybridized carbons (Fsp3) is 0.600. The molecule has 1 fully saturated rings. The highest BCUT2D eigenvalue weighted by Gasteiger charge is 2.22. The van der Waals surface area contributed by atoms with Crippen molar-refractivity contribution >= 4 is 11.6 Å². The van der Waals surface area contributed by atoms with Crippen molar-refractivity contribution in [2.24, 2.45) is 0 Å². The van der Waals surface area contributed by atoms with E-state index in [2.05, 4.69) is 5.32 Å². The van der Waals surface area contributed by atoms with Crippen LogP contribution in [-0.4, -0.2) is 19.3 Å². The van der Waals surface area contributed by atoms with Gasteiger partial charge in [0.25, 0.3) is 0 Å². The molecule has 4 heteroatoms. The lowest BCUT2D eigenvalue weighted by molar-refractivity contribution is 0.00513. The first-order valence-corrected chi connectivity index (χ1v) is 7.38. The molecule has 1 heterocycles. The first kappa shape index (κ1) is 14.8. The summed E-state index contributed by atoms with van der Waals surface area (Å²) in [6.45, 7) is 3.70. The zero-order valence-electron chi connectivity index (χ0n) is 11.3. The van der Waals surface area contributed by atoms with Gasteiger partial charge in [-0.2, -0.15) is 0 Å². The average Bonchev–Trinajstić information content (AvgIpc) is 2.42. The van der Waals surface area contributed by atoms with E-state index in [9.17, 15) is 4.39 Å². The van der Waals surface area contributed by atoms with E-state index in [-0.39, 0.29) is 18.0 Å². The number of hydrogen-bond acceptors (Lipinski definition) is 2. The van der Waals surface area contributed by atoms with Gasteiger partial charge in [0.1, 0.15) is 5.82 Å². The predicted molar refractivity (Wildman–Crippen MR) is 76.0 cm³/mol. The highest BCUT2D eigenvalue weighted by Crippen LogP contribution is 2.30. The van der Waals surface area contributed by atoms with Gasteiger partial charge in [-0.3, -0.25) is 0 Å². The van der Waals surface area contributed by atoms with Crippen molar-refractivity contribution in [2.75, 3.05) is 13.2 Å². The number of ether oxygens (including phenoxy) is 1. The highest BCUT2D eigenvalue weighted by atomic mass is 35.5. The Morgan fingerprint density at radius 1 is 1.47 bits per heavy atom. The topological polar surface area (TPSA) is 21.3 Å². The SMILES string of the molecule is CCNC(CC1CCCCO1)c1cc(F)ccc1Cl. The van der Waals surface area contributed by atoms with Crippen LogP contribution >= 0.6 is 11.6 Å². The maximum atomic E-state index is 13.4. The molecule has 1 N–H and O–H groups in total. The van der Waals surface area contributed by atoms with Gasteiger partial charge in [-0.05, 0) is 56.0 Å². The predicted octanol–water partition coefficient (Wildman–Crippen LogP) is 4.09. The van der Waals surface area contributed by atoms with Crippen LogP contribution < -0.4 is 5.32 Å². The van der Waals surface area contributed by atoms with E-state index in [0.29, 0.717) is 5.02 Å². The quantitative estimate of drug-likeness (QED) is 0.880. The molecular weight excluding hydrogens is 265 g/mol. The van der Waals surface area contributed by atoms with Crippen molar-refractivity contribution in [3.8, 4) is 0 Å². The molecule has 1 aromatic carbocycles. The minimum absolute atomic E-state index is 0.0521. The standard InChI is InChI=1S/C15H21ClFNO/c1-2-18-15(10-12-5-3-4-8-19-12)13-9-11(17)6-7-14(13)16/h6-7,9,12,15,18H,2-5,8,10H2,1H3. The van der Waals surface area contributed by atoms with Crippen LogP contribution in [0.15, 0.2) is 18.2 Å². The number of benzene rings is 1. The molecule has 19 heavy (non-hydrogen) atoms. The van der Waals surface area contributed by atoms with Gasteiger partial charge in [0.2, 0.25) is 0 Å². The first-order chi connectivity index (χ1) is 9.20. The van der Waals surface area contributed by atoms with Crippen molar-refractivity contribution in [2.45, 2.75) is 44.8 Å². The van der Waals surface area contributed by atoms with E-state index >= 15 is 0 Å². The zero-order valence-corrected chi connectivity index (χ0v) is 12.0. The Hall–Kier alpha value is -0.640. The molecule has 1 aliphatic rings. The van der Waals surface area contributed by atoms with E-state index < -0.39 is 0 Å². The molecule has 106 valence electrons. The first-order valence-electron chi connectivity index (χ1n) is 7.00. The van der Waals surface area contributed by atoms with Gasteiger partial charge in [-0.25, -0.2) is 4.39 Å². The Balaban J connectivity index is 2.11. The van der Waals surface area contributed by atoms with Crippen molar-refractivity contribution in [1.82, 2.24) is 5.32 Å². The molecule has 2 nitrogen and oxygen atoms in total. The monoisotopic (exact) mass is 285 g/mol. The lowest BCUT2D eigenvalue weighted by atomic mass is 9.96. The minimum Gasteiger partial charge on any atom is -0.378 e. The normalized spacial score (nSPS) is 21.3. The second-order valence-electron chi connectivity index (χ2n) is 5.00. The molecule has 0 aliphatic carbocycles. The Morgan fingerprint density at radius 2 is 2.32 bits per heavy atom. The maximum Gasteiger partial charge on any atom is 0.123 e. The smallest absolute Gasteiger partial charge is 0.123 e. The Morgan fingerprint density at radius 3 is 3.00 bits per heavy atom. The Labute approximate surface area is 119 Å². The van der Waals surface area contributed by atoms with Crippen molar-refractivity contribution in [1.29, 1.82) is 0 Å². The third kappa shape index (κ3) is 4.16. The van der Waals surface area contributed by atoms with E-state index in [1.807, 2.05) is 6.92 Å². The summed E-state index contributed by atoms with van der Waals surface area (Å²) in [6, 6.07) is 4.60. The third-order valence-corrected chi connectivity index (χ3v) is 3.90. The van der Waals surface area contributed by atoms with Gasteiger partial charge >= 0.3 is 0 Å². The number of nitrogens with one attached hydrogen (secondary N) is 1. The van der Waals surface area contributed by atoms with Gasteiger partial charge in [0.15, 0.2) is 0 Å². The summed E-state index contributed by atoms with van der Waals surface area (Å²) in [7, 11) is 0. The summed E-state index contributed by atoms with van der Waals surface area (Å²) >= 11 is 6.20. The number of halogens is 2. The Bertz CT molecular complexity index is 407. The maximum absolute atomic E-state index is 13.4. The van der Waals surface area contributed by atoms with E-state index in [4.69, 9.17) is 16.3 Å². The van der Waals surface area contributed by atoms with Crippen LogP contribution in [0.4, 0.5) is 4.39 Å². The van der Waals surface area contributed by atoms with Crippen LogP contribution in [0.5, 0.6) is 0 Å². The highest BCUT2D eigenvalue weighted by molar-refractivity contribution is 6.31. The second-order valence-corrected chi connectivity index (χ2v) is 5.41. The minimum atomic E-state index is -0.244. The van der Waals surface area contributed by atoms with Crippen LogP contribution in [0.25, 0.3) is 0 Å². The molecule has 1 aromatic rings. The molecular formula is C15H21ClFNO. The van der Waals surface area contributed by atoms with Crippen LogP contribution in [0.1, 0.15) is 44.2 Å². The molecule has 2 rings (SSSR count). The van der Waals surface area contributed by atoms with Gasteiger partial charge < -0.3 is 10.1 Å². The largest absolute Gasteiger partial charge is 0.378 e. The second kappa shape index (κ2) is 7.22. The average molecular weight is 286 g/mol. The molecule has 0 radical (unpaired) electrons. The summed E-state index contributed by atoms with van der Waals surface area (Å²) < 4.78 is 19.2. The van der Waals surface area contributed by atoms with Crippen molar-refractivity contribution < 1.29 is 9.13 Å². The van der Waals surface area contributed by atoms with Gasteiger partial charge in [0, 0.05) is 17.7 Å². The summed E-state index contributed by atoms with van der Waals surface area (Å²) in [4.78, 5) is 0. The molecule has 0 bridgehead atoms. The molecule has 0 spiro atoms. The van der Waals surface area contributed by atoms with Crippen molar-refractivity contribution in [3.05, 3.63) is 34.6 Å². The third-order valence-electron chi connectivity index (χ3n) is 3.56. The van der Waals surface area contributed by atoms with Crippen LogP contribution in [0.3, 0.4) is 0 Å². The van der Waals surface area contributed by atoms with E-state index in [1.165, 1.54) is 18.6 Å². The van der Waals surface area contributed by atoms with Gasteiger partial charge in [-0.15, -0.1) is 0 Å². The zero-order chi connectivity index (χ0) is 13.7. The van der Waals surface area contributed by atoms with Crippen LogP contribution in [0, 0.1) is 5.82 Å². The summed E-state index contributed by atoms with van der Waals surface area (Å²) in [6.07, 6.45) is 4.52. The Kier molecular flexibility index (Phi) is 5.61. The fourth-order valence-electron chi connectivity index (χ4n) is 2.60. The lowest BCUT2D eigenvalue weighted by Crippen LogP contribution is -2.29. The summed E-state index contributed by atoms with van der Waals surface area (Å²) in [5.74, 6) is -0.244. The van der Waals surface area contributed by atoms with Crippen molar-refractivity contribution in [3.63, 3.8) is 0 Å². The van der Waals surface area contributed by atoms with Crippen LogP contribution in [0.2, 0.25) is 5.02 Å². The lowest BCUT2D eigenvalue weighted by Gasteiger charge is -2.28. The number of hydrogen-bond donors (Lipinski definition) is 1. The van der Waals surface area contributed by atoms with Crippen LogP contribution in [-0.2, 0) is 4.74 Å². The molecule has 2 atom stereocenters. The molecule has 1 aliphatic heterocycles. The summed E-state index contributed by atoms with van der Waals surface area (Å²) in [5.41, 5.74) is 0.831. The molecule has 1 saturated heterocycles. The number of rotatable bonds is 5. The van der Waals surface area contributed by atoms with E-state index in [0.717, 1.165) is 38.0 Å². The fourth-order valence-corrected chi connectivity index (χ4v) is 2.85. The molecule has 0 amide bonds. The summed E-state index contributed by atoms with van der Waals surface area (Å²) in [5, 5.41) is 4.00. The molecule has 2 unspecified atom stereocenters. The van der Waals surface area contributed by atoms with E-state index in [1.54, 1.807) is 6.07 Å². The molecule has 0 aromatic heterocycles. The van der Waals surface area contributed by atoms with Gasteiger partial charge in [-0.1, -0.05) is 18.5 Å².